The molecule has 1 atom stereocenters. The molecule has 1 unspecified atom stereocenters. The van der Waals surface area contributed by atoms with Crippen LogP contribution in [0.25, 0.3) is 0 Å². The predicted molar refractivity (Wildman–Crippen MR) is 27.5 cm³/mol. The Kier molecular flexibility index (Phi) is 3.01. The fourth-order valence-corrected chi connectivity index (χ4v) is 0.250. The number of terminal acetylenes is 1. The molecule has 6 heavy (non-hydrogen) atoms. The molecule has 0 saturated heterocycles. The molecule has 0 amide bonds. The molecule has 0 heterocycles. The molecule has 0 N–H and O–H groups in total. The first kappa shape index (κ1) is 5.87. The van der Waals surface area contributed by atoms with Gasteiger partial charge in [-0.05, 0) is 6.92 Å². The van der Waals surface area contributed by atoms with Crippen LogP contribution in [0.1, 0.15) is 6.92 Å². The fourth-order valence-electron chi connectivity index (χ4n) is 0.0833. The molecule has 0 rings (SSSR count). The molecule has 0 fully saturated rings. The normalized spacial score (nSPS) is 12.8. The van der Waals surface area contributed by atoms with E-state index in [-0.39, 0.29) is 0 Å². The van der Waals surface area contributed by atoms with Gasteiger partial charge in [-0.25, -0.2) is 0 Å². The van der Waals surface area contributed by atoms with Crippen LogP contribution in [-0.4, -0.2) is 10.3 Å². The third-order valence-electron chi connectivity index (χ3n) is 0.394. The quantitative estimate of drug-likeness (QED) is 0.346. The Morgan fingerprint density at radius 3 is 2.50 bits per heavy atom. The van der Waals surface area contributed by atoms with Crippen molar-refractivity contribution in [3.63, 3.8) is 0 Å². The van der Waals surface area contributed by atoms with Gasteiger partial charge in [-0.2, -0.15) is 0 Å². The van der Waals surface area contributed by atoms with Gasteiger partial charge < -0.3 is 4.55 Å². The lowest BCUT2D eigenvalue weighted by atomic mass is 11.0. The van der Waals surface area contributed by atoms with Crippen LogP contribution >= 0.6 is 0 Å². The monoisotopic (exact) mass is 102 g/mol. The summed E-state index contributed by atoms with van der Waals surface area (Å²) in [6.45, 7) is 1.79. The zero-order valence-electron chi connectivity index (χ0n) is 3.60. The van der Waals surface area contributed by atoms with Gasteiger partial charge >= 0.3 is 0 Å². The van der Waals surface area contributed by atoms with Crippen LogP contribution < -0.4 is 0 Å². The lowest BCUT2D eigenvalue weighted by Gasteiger charge is -1.92. The van der Waals surface area contributed by atoms with Gasteiger partial charge in [-0.1, -0.05) is 6.42 Å². The van der Waals surface area contributed by atoms with Crippen molar-refractivity contribution in [2.45, 2.75) is 6.92 Å². The average molecular weight is 102 g/mol. The van der Waals surface area contributed by atoms with Crippen molar-refractivity contribution < 1.29 is 4.55 Å². The highest BCUT2D eigenvalue weighted by Crippen LogP contribution is 1.80. The Bertz CT molecular complexity index is 64.4. The first-order valence-electron chi connectivity index (χ1n) is 1.66. The minimum Gasteiger partial charge on any atom is -0.604 e. The van der Waals surface area contributed by atoms with Gasteiger partial charge in [-0.15, -0.1) is 0 Å². The summed E-state index contributed by atoms with van der Waals surface area (Å²) in [5, 5.41) is 2.09. The third kappa shape index (κ3) is 2.13. The summed E-state index contributed by atoms with van der Waals surface area (Å²) in [6.07, 6.45) is 4.73. The Balaban J connectivity index is 3.04. The van der Waals surface area contributed by atoms with Gasteiger partial charge in [0.15, 0.2) is 0 Å². The molecule has 0 aromatic carbocycles. The van der Waals surface area contributed by atoms with Gasteiger partial charge in [-0.3, -0.25) is 0 Å². The maximum absolute atomic E-state index is 10.1. The molecular weight excluding hydrogens is 96.1 g/mol. The Hall–Kier alpha value is -0.130. The summed E-state index contributed by atoms with van der Waals surface area (Å²) in [5.74, 6) is 0.566. The molecule has 0 aliphatic heterocycles. The summed E-state index contributed by atoms with van der Waals surface area (Å²) in [6, 6.07) is 0. The first-order valence-corrected chi connectivity index (χ1v) is 2.97. The summed E-state index contributed by atoms with van der Waals surface area (Å²) in [4.78, 5) is 0. The minimum absolute atomic E-state index is 0.566. The van der Waals surface area contributed by atoms with Crippen LogP contribution in [0.15, 0.2) is 0 Å². The second-order valence-electron chi connectivity index (χ2n) is 0.752. The highest BCUT2D eigenvalue weighted by Gasteiger charge is 1.89. The van der Waals surface area contributed by atoms with Crippen molar-refractivity contribution in [2.24, 2.45) is 0 Å². The van der Waals surface area contributed by atoms with Crippen molar-refractivity contribution in [1.82, 2.24) is 0 Å². The highest BCUT2D eigenvalue weighted by molar-refractivity contribution is 7.95. The van der Waals surface area contributed by atoms with Crippen LogP contribution in [0.2, 0.25) is 0 Å². The third-order valence-corrected chi connectivity index (χ3v) is 1.18. The van der Waals surface area contributed by atoms with Crippen molar-refractivity contribution in [1.29, 1.82) is 0 Å². The molecule has 0 saturated carbocycles. The van der Waals surface area contributed by atoms with Crippen LogP contribution in [0.4, 0.5) is 0 Å². The largest absolute Gasteiger partial charge is 0.604 e. The lowest BCUT2D eigenvalue weighted by Crippen LogP contribution is -1.96. The van der Waals surface area contributed by atoms with E-state index >= 15 is 0 Å². The average Bonchev–Trinajstić information content (AvgIpc) is 1.65. The van der Waals surface area contributed by atoms with Gasteiger partial charge in [0.2, 0.25) is 0 Å². The smallest absolute Gasteiger partial charge is 0.146 e. The van der Waals surface area contributed by atoms with E-state index < -0.39 is 11.2 Å². The maximum Gasteiger partial charge on any atom is 0.146 e. The SMILES string of the molecule is C#C[S+]([O-])CC. The van der Waals surface area contributed by atoms with Gasteiger partial charge in [0, 0.05) is 11.2 Å². The summed E-state index contributed by atoms with van der Waals surface area (Å²) < 4.78 is 10.1. The zero-order chi connectivity index (χ0) is 4.99. The Morgan fingerprint density at radius 1 is 2.00 bits per heavy atom. The molecule has 0 radical (unpaired) electrons. The van der Waals surface area contributed by atoms with E-state index in [0.29, 0.717) is 5.75 Å². The van der Waals surface area contributed by atoms with E-state index in [9.17, 15) is 4.55 Å². The molecule has 0 aromatic heterocycles. The Labute approximate surface area is 40.9 Å². The van der Waals surface area contributed by atoms with E-state index in [0.717, 1.165) is 0 Å². The van der Waals surface area contributed by atoms with Gasteiger partial charge in [0.1, 0.15) is 11.0 Å². The highest BCUT2D eigenvalue weighted by atomic mass is 32.2. The van der Waals surface area contributed by atoms with Crippen LogP contribution in [0, 0.1) is 11.7 Å². The first-order chi connectivity index (χ1) is 2.81. The van der Waals surface area contributed by atoms with E-state index in [2.05, 4.69) is 5.25 Å². The van der Waals surface area contributed by atoms with Crippen LogP contribution in [0.5, 0.6) is 0 Å². The van der Waals surface area contributed by atoms with Crippen molar-refractivity contribution in [3.8, 4) is 11.7 Å². The van der Waals surface area contributed by atoms with Crippen molar-refractivity contribution >= 4 is 11.2 Å². The maximum atomic E-state index is 10.1. The molecule has 0 bridgehead atoms. The lowest BCUT2D eigenvalue weighted by molar-refractivity contribution is 0.606. The topological polar surface area (TPSA) is 23.1 Å². The number of hydrogen-bond donors (Lipinski definition) is 0. The minimum atomic E-state index is -1.01. The van der Waals surface area contributed by atoms with E-state index in [1.54, 1.807) is 6.92 Å². The van der Waals surface area contributed by atoms with Crippen LogP contribution in [0.3, 0.4) is 0 Å². The standard InChI is InChI=1S/C4H6OS/c1-3-6(5)4-2/h1H,4H2,2H3. The fraction of sp³-hybridized carbons (Fsp3) is 0.500. The van der Waals surface area contributed by atoms with Gasteiger partial charge in [0.05, 0.1) is 0 Å². The molecule has 0 aliphatic carbocycles. The molecule has 1 nitrogen and oxygen atoms in total. The number of hydrogen-bond acceptors (Lipinski definition) is 1. The molecule has 0 aromatic rings. The Morgan fingerprint density at radius 2 is 2.50 bits per heavy atom. The predicted octanol–water partition coefficient (Wildman–Crippen LogP) is 0.346. The van der Waals surface area contributed by atoms with Gasteiger partial charge in [0.25, 0.3) is 0 Å². The van der Waals surface area contributed by atoms with E-state index in [1.807, 2.05) is 0 Å². The molecule has 0 aliphatic rings. The second-order valence-corrected chi connectivity index (χ2v) is 2.26. The molecule has 34 valence electrons. The molecule has 0 spiro atoms. The second kappa shape index (κ2) is 3.08. The van der Waals surface area contributed by atoms with Crippen molar-refractivity contribution in [3.05, 3.63) is 0 Å². The number of rotatable bonds is 1. The summed E-state index contributed by atoms with van der Waals surface area (Å²) in [5.41, 5.74) is 0. The van der Waals surface area contributed by atoms with E-state index in [4.69, 9.17) is 6.42 Å². The summed E-state index contributed by atoms with van der Waals surface area (Å²) in [7, 11) is 0. The molecular formula is C4H6OS. The van der Waals surface area contributed by atoms with Crippen LogP contribution in [-0.2, 0) is 11.2 Å². The van der Waals surface area contributed by atoms with E-state index in [1.165, 1.54) is 0 Å². The zero-order valence-corrected chi connectivity index (χ0v) is 4.42. The summed E-state index contributed by atoms with van der Waals surface area (Å²) >= 11 is -1.01. The molecule has 2 heteroatoms. The van der Waals surface area contributed by atoms with Crippen molar-refractivity contribution in [2.75, 3.05) is 5.75 Å².